The molecule has 0 bridgehead atoms. The number of hydrogen-bond acceptors (Lipinski definition) is 7. The third-order valence-corrected chi connectivity index (χ3v) is 5.27. The van der Waals surface area contributed by atoms with E-state index in [4.69, 9.17) is 9.47 Å². The van der Waals surface area contributed by atoms with E-state index < -0.39 is 30.4 Å². The van der Waals surface area contributed by atoms with Gasteiger partial charge in [-0.3, -0.25) is 0 Å². The zero-order chi connectivity index (χ0) is 22.3. The Morgan fingerprint density at radius 1 is 1.20 bits per heavy atom. The van der Waals surface area contributed by atoms with Crippen LogP contribution in [0.2, 0.25) is 0 Å². The fourth-order valence-corrected chi connectivity index (χ4v) is 3.81. The van der Waals surface area contributed by atoms with E-state index in [-0.39, 0.29) is 13.2 Å². The van der Waals surface area contributed by atoms with Crippen LogP contribution in [-0.4, -0.2) is 65.5 Å². The maximum Gasteiger partial charge on any atom is 0.338 e. The van der Waals surface area contributed by atoms with Gasteiger partial charge in [0.05, 0.1) is 12.2 Å². The van der Waals surface area contributed by atoms with E-state index in [0.29, 0.717) is 16.9 Å². The van der Waals surface area contributed by atoms with Gasteiger partial charge in [-0.15, -0.1) is 0 Å². The summed E-state index contributed by atoms with van der Waals surface area (Å²) in [4.78, 5) is 12.2. The number of carbonyl (C=O) groups is 1. The molecule has 0 aliphatic carbocycles. The van der Waals surface area contributed by atoms with Crippen molar-refractivity contribution >= 4 is 11.7 Å². The highest BCUT2D eigenvalue weighted by molar-refractivity contribution is 5.89. The summed E-state index contributed by atoms with van der Waals surface area (Å²) in [5.74, 6) is 0.161. The highest BCUT2D eigenvalue weighted by Gasteiger charge is 2.38. The van der Waals surface area contributed by atoms with Crippen LogP contribution in [-0.2, 0) is 9.47 Å². The Morgan fingerprint density at radius 3 is 2.50 bits per heavy atom. The summed E-state index contributed by atoms with van der Waals surface area (Å²) in [5.41, 5.74) is 1.70. The van der Waals surface area contributed by atoms with Crippen LogP contribution in [0, 0.1) is 11.3 Å². The van der Waals surface area contributed by atoms with Crippen LogP contribution in [0.3, 0.4) is 0 Å². The maximum atomic E-state index is 12.2. The molecular formula is C23H37NO6. The lowest BCUT2D eigenvalue weighted by molar-refractivity contribution is -0.195. The topological polar surface area (TPSA) is 108 Å². The van der Waals surface area contributed by atoms with Crippen molar-refractivity contribution in [2.24, 2.45) is 11.3 Å². The first-order valence-corrected chi connectivity index (χ1v) is 10.7. The van der Waals surface area contributed by atoms with Crippen LogP contribution >= 0.6 is 0 Å². The van der Waals surface area contributed by atoms with E-state index in [2.05, 4.69) is 33.0 Å². The number of rotatable bonds is 9. The second-order valence-electron chi connectivity index (χ2n) is 9.54. The molecule has 1 aliphatic heterocycles. The van der Waals surface area contributed by atoms with E-state index in [1.54, 1.807) is 12.1 Å². The largest absolute Gasteiger partial charge is 0.459 e. The molecule has 2 rings (SSSR count). The van der Waals surface area contributed by atoms with Crippen molar-refractivity contribution in [1.82, 2.24) is 0 Å². The van der Waals surface area contributed by atoms with Gasteiger partial charge in [-0.1, -0.05) is 27.7 Å². The van der Waals surface area contributed by atoms with Crippen molar-refractivity contribution in [2.45, 2.75) is 71.4 Å². The molecule has 0 radical (unpaired) electrons. The molecule has 0 saturated carbocycles. The van der Waals surface area contributed by atoms with Crippen LogP contribution in [0.15, 0.2) is 24.3 Å². The van der Waals surface area contributed by atoms with Crippen LogP contribution < -0.4 is 5.32 Å². The number of ether oxygens (including phenoxy) is 2. The fourth-order valence-electron chi connectivity index (χ4n) is 3.81. The highest BCUT2D eigenvalue weighted by atomic mass is 16.6. The fraction of sp³-hybridized carbons (Fsp3) is 0.696. The molecule has 170 valence electrons. The molecule has 5 atom stereocenters. The Bertz CT molecular complexity index is 657. The second-order valence-corrected chi connectivity index (χ2v) is 9.54. The van der Waals surface area contributed by atoms with Crippen LogP contribution in [0.25, 0.3) is 0 Å². The van der Waals surface area contributed by atoms with Gasteiger partial charge in [0.2, 0.25) is 0 Å². The van der Waals surface area contributed by atoms with E-state index in [9.17, 15) is 20.1 Å². The molecule has 1 aliphatic rings. The summed E-state index contributed by atoms with van der Waals surface area (Å²) >= 11 is 0. The van der Waals surface area contributed by atoms with Gasteiger partial charge in [-0.05, 0) is 54.9 Å². The lowest BCUT2D eigenvalue weighted by Gasteiger charge is -2.34. The van der Waals surface area contributed by atoms with Crippen LogP contribution in [0.4, 0.5) is 5.69 Å². The predicted octanol–water partition coefficient (Wildman–Crippen LogP) is 2.59. The molecule has 30 heavy (non-hydrogen) atoms. The first-order valence-electron chi connectivity index (χ1n) is 10.7. The molecule has 0 aromatic heterocycles. The Hall–Kier alpha value is -1.67. The third kappa shape index (κ3) is 7.87. The van der Waals surface area contributed by atoms with Gasteiger partial charge >= 0.3 is 5.97 Å². The Kier molecular flexibility index (Phi) is 9.09. The molecule has 1 aromatic carbocycles. The Balaban J connectivity index is 1.71. The first-order chi connectivity index (χ1) is 14.1. The SMILES string of the molecule is CC(CCCNc1ccc(C(=O)OCC2OC[C@@H](O)C(O)C2O)cc1)CC(C)(C)C. The Labute approximate surface area is 179 Å². The van der Waals surface area contributed by atoms with Gasteiger partial charge in [0.1, 0.15) is 31.0 Å². The van der Waals surface area contributed by atoms with E-state index in [1.165, 1.54) is 12.8 Å². The molecule has 1 fully saturated rings. The molecule has 1 heterocycles. The van der Waals surface area contributed by atoms with E-state index in [0.717, 1.165) is 18.7 Å². The Morgan fingerprint density at radius 2 is 1.87 bits per heavy atom. The zero-order valence-corrected chi connectivity index (χ0v) is 18.5. The van der Waals surface area contributed by atoms with Crippen molar-refractivity contribution in [3.63, 3.8) is 0 Å². The van der Waals surface area contributed by atoms with Gasteiger partial charge in [0.25, 0.3) is 0 Å². The van der Waals surface area contributed by atoms with Crippen molar-refractivity contribution in [3.8, 4) is 0 Å². The minimum absolute atomic E-state index is 0.115. The van der Waals surface area contributed by atoms with Crippen LogP contribution in [0.5, 0.6) is 0 Å². The van der Waals surface area contributed by atoms with Gasteiger partial charge in [0, 0.05) is 12.2 Å². The van der Waals surface area contributed by atoms with E-state index in [1.807, 2.05) is 12.1 Å². The maximum absolute atomic E-state index is 12.2. The molecule has 7 nitrogen and oxygen atoms in total. The molecule has 7 heteroatoms. The highest BCUT2D eigenvalue weighted by Crippen LogP contribution is 2.26. The summed E-state index contributed by atoms with van der Waals surface area (Å²) in [6, 6.07) is 7.04. The normalized spacial score (nSPS) is 25.6. The lowest BCUT2D eigenvalue weighted by Crippen LogP contribution is -2.54. The van der Waals surface area contributed by atoms with Gasteiger partial charge in [0.15, 0.2) is 0 Å². The summed E-state index contributed by atoms with van der Waals surface area (Å²) in [6.07, 6.45) is -1.15. The molecule has 0 amide bonds. The zero-order valence-electron chi connectivity index (χ0n) is 18.5. The number of carbonyl (C=O) groups excluding carboxylic acids is 1. The van der Waals surface area contributed by atoms with Gasteiger partial charge in [-0.25, -0.2) is 4.79 Å². The summed E-state index contributed by atoms with van der Waals surface area (Å²) in [7, 11) is 0. The van der Waals surface area contributed by atoms with Crippen molar-refractivity contribution in [1.29, 1.82) is 0 Å². The number of hydrogen-bond donors (Lipinski definition) is 4. The number of anilines is 1. The first kappa shape index (κ1) is 24.6. The second kappa shape index (κ2) is 11.1. The molecular weight excluding hydrogens is 386 g/mol. The average molecular weight is 424 g/mol. The number of benzene rings is 1. The summed E-state index contributed by atoms with van der Waals surface area (Å²) < 4.78 is 10.4. The monoisotopic (exact) mass is 423 g/mol. The van der Waals surface area contributed by atoms with Crippen molar-refractivity contribution in [2.75, 3.05) is 25.1 Å². The lowest BCUT2D eigenvalue weighted by atomic mass is 9.84. The smallest absolute Gasteiger partial charge is 0.338 e. The number of aliphatic hydroxyl groups excluding tert-OH is 3. The number of esters is 1. The quantitative estimate of drug-likeness (QED) is 0.357. The van der Waals surface area contributed by atoms with Gasteiger partial charge < -0.3 is 30.1 Å². The third-order valence-electron chi connectivity index (χ3n) is 5.27. The van der Waals surface area contributed by atoms with Crippen LogP contribution in [0.1, 0.15) is 57.3 Å². The average Bonchev–Trinajstić information content (AvgIpc) is 2.68. The molecule has 1 saturated heterocycles. The predicted molar refractivity (Wildman–Crippen MR) is 115 cm³/mol. The number of nitrogens with one attached hydrogen (secondary N) is 1. The van der Waals surface area contributed by atoms with E-state index >= 15 is 0 Å². The molecule has 0 spiro atoms. The minimum Gasteiger partial charge on any atom is -0.459 e. The minimum atomic E-state index is -1.32. The molecule has 4 N–H and O–H groups in total. The molecule has 1 aromatic rings. The summed E-state index contributed by atoms with van der Waals surface area (Å²) in [5, 5.41) is 32.4. The molecule has 4 unspecified atom stereocenters. The van der Waals surface area contributed by atoms with Crippen molar-refractivity contribution < 1.29 is 29.6 Å². The number of aliphatic hydroxyl groups is 3. The van der Waals surface area contributed by atoms with Crippen molar-refractivity contribution in [3.05, 3.63) is 29.8 Å². The standard InChI is InChI=1S/C23H37NO6/c1-15(12-23(2,3)4)6-5-11-24-17-9-7-16(8-10-17)22(28)30-14-19-21(27)20(26)18(25)13-29-19/h7-10,15,18-21,24-27H,5-6,11-14H2,1-4H3/t15?,18-,19?,20?,21?/m1/s1. The van der Waals surface area contributed by atoms with Gasteiger partial charge in [-0.2, -0.15) is 0 Å². The summed E-state index contributed by atoms with van der Waals surface area (Å²) in [6.45, 7) is 9.67.